The lowest BCUT2D eigenvalue weighted by Crippen LogP contribution is -2.40. The highest BCUT2D eigenvalue weighted by molar-refractivity contribution is 5.67. The molecular formula is C18H26F2N2O3. The number of hydrogen-bond acceptors (Lipinski definition) is 4. The van der Waals surface area contributed by atoms with E-state index in [9.17, 15) is 13.6 Å². The fourth-order valence-electron chi connectivity index (χ4n) is 2.63. The zero-order chi connectivity index (χ0) is 18.4. The third-order valence-electron chi connectivity index (χ3n) is 3.79. The Morgan fingerprint density at radius 1 is 1.36 bits per heavy atom. The zero-order valence-electron chi connectivity index (χ0n) is 15.0. The number of benzene rings is 1. The molecule has 1 aliphatic heterocycles. The summed E-state index contributed by atoms with van der Waals surface area (Å²) < 4.78 is 37.3. The van der Waals surface area contributed by atoms with Crippen molar-refractivity contribution in [1.29, 1.82) is 0 Å². The molecular weight excluding hydrogens is 330 g/mol. The van der Waals surface area contributed by atoms with Gasteiger partial charge in [0.2, 0.25) is 0 Å². The number of carbonyl (C=O) groups excluding carboxylic acids is 1. The van der Waals surface area contributed by atoms with E-state index in [2.05, 4.69) is 10.2 Å². The van der Waals surface area contributed by atoms with Crippen molar-refractivity contribution in [2.75, 3.05) is 32.8 Å². The quantitative estimate of drug-likeness (QED) is 0.823. The minimum Gasteiger partial charge on any atom is -0.444 e. The number of alkyl carbamates (subject to hydrolysis) is 1. The molecule has 0 aliphatic carbocycles. The van der Waals surface area contributed by atoms with Crippen LogP contribution in [0.3, 0.4) is 0 Å². The van der Waals surface area contributed by atoms with Crippen molar-refractivity contribution in [2.45, 2.75) is 38.9 Å². The zero-order valence-corrected chi connectivity index (χ0v) is 15.0. The van der Waals surface area contributed by atoms with E-state index in [4.69, 9.17) is 9.47 Å². The summed E-state index contributed by atoms with van der Waals surface area (Å²) in [6, 6.07) is 3.86. The van der Waals surface area contributed by atoms with Gasteiger partial charge in [0, 0.05) is 26.2 Å². The number of nitrogens with zero attached hydrogens (tertiary/aromatic N) is 1. The molecule has 0 saturated carbocycles. The van der Waals surface area contributed by atoms with Crippen molar-refractivity contribution in [3.8, 4) is 0 Å². The summed E-state index contributed by atoms with van der Waals surface area (Å²) in [6.45, 7) is 8.66. The summed E-state index contributed by atoms with van der Waals surface area (Å²) in [7, 11) is 0. The van der Waals surface area contributed by atoms with Gasteiger partial charge in [-0.3, -0.25) is 4.90 Å². The second-order valence-electron chi connectivity index (χ2n) is 7.12. The molecule has 0 aromatic heterocycles. The van der Waals surface area contributed by atoms with Gasteiger partial charge in [-0.1, -0.05) is 6.07 Å². The van der Waals surface area contributed by atoms with Crippen LogP contribution in [0.15, 0.2) is 18.2 Å². The second kappa shape index (κ2) is 8.58. The van der Waals surface area contributed by atoms with E-state index in [1.807, 2.05) is 20.8 Å². The smallest absolute Gasteiger partial charge is 0.407 e. The maximum atomic E-state index is 13.4. The molecule has 2 rings (SSSR count). The lowest BCUT2D eigenvalue weighted by molar-refractivity contribution is -0.0304. The molecule has 1 aromatic carbocycles. The third kappa shape index (κ3) is 6.59. The van der Waals surface area contributed by atoms with E-state index in [1.54, 1.807) is 6.07 Å². The van der Waals surface area contributed by atoms with Gasteiger partial charge in [-0.2, -0.15) is 0 Å². The van der Waals surface area contributed by atoms with Gasteiger partial charge < -0.3 is 14.8 Å². The normalized spacial score (nSPS) is 18.8. The number of amides is 1. The van der Waals surface area contributed by atoms with Crippen LogP contribution in [0.4, 0.5) is 13.6 Å². The van der Waals surface area contributed by atoms with Crippen molar-refractivity contribution in [3.05, 3.63) is 35.4 Å². The Balaban J connectivity index is 1.74. The fourth-order valence-corrected chi connectivity index (χ4v) is 2.63. The molecule has 1 saturated heterocycles. The molecule has 140 valence electrons. The molecule has 1 heterocycles. The largest absolute Gasteiger partial charge is 0.444 e. The number of hydrogen-bond donors (Lipinski definition) is 1. The molecule has 1 aromatic rings. The second-order valence-corrected chi connectivity index (χ2v) is 7.12. The van der Waals surface area contributed by atoms with Gasteiger partial charge in [0.1, 0.15) is 5.60 Å². The number of carbonyl (C=O) groups is 1. The van der Waals surface area contributed by atoms with Crippen molar-refractivity contribution in [2.24, 2.45) is 0 Å². The van der Waals surface area contributed by atoms with Gasteiger partial charge in [-0.25, -0.2) is 13.6 Å². The van der Waals surface area contributed by atoms with Gasteiger partial charge in [0.25, 0.3) is 0 Å². The molecule has 0 radical (unpaired) electrons. The Morgan fingerprint density at radius 3 is 2.80 bits per heavy atom. The van der Waals surface area contributed by atoms with E-state index in [-0.39, 0.29) is 6.10 Å². The number of ether oxygens (including phenoxy) is 2. The Kier molecular flexibility index (Phi) is 6.72. The third-order valence-corrected chi connectivity index (χ3v) is 3.79. The van der Waals surface area contributed by atoms with E-state index in [1.165, 1.54) is 6.07 Å². The van der Waals surface area contributed by atoms with Crippen LogP contribution in [0.5, 0.6) is 0 Å². The molecule has 0 bridgehead atoms. The lowest BCUT2D eigenvalue weighted by atomic mass is 10.1. The van der Waals surface area contributed by atoms with Crippen LogP contribution < -0.4 is 5.32 Å². The van der Waals surface area contributed by atoms with Crippen LogP contribution in [-0.2, 0) is 9.47 Å². The standard InChI is InChI=1S/C18H26F2N2O3/c1-18(2,3)25-17(23)21-7-4-8-22-9-10-24-16(12-22)13-5-6-14(19)15(20)11-13/h5-6,11,16H,4,7-10,12H2,1-3H3,(H,21,23). The number of rotatable bonds is 5. The number of halogens is 2. The van der Waals surface area contributed by atoms with Crippen LogP contribution in [0.2, 0.25) is 0 Å². The lowest BCUT2D eigenvalue weighted by Gasteiger charge is -2.33. The Bertz CT molecular complexity index is 590. The molecule has 1 atom stereocenters. The molecule has 0 spiro atoms. The van der Waals surface area contributed by atoms with Crippen LogP contribution in [0.1, 0.15) is 38.9 Å². The first-order valence-corrected chi connectivity index (χ1v) is 8.50. The minimum atomic E-state index is -0.861. The van der Waals surface area contributed by atoms with Gasteiger partial charge in [0.15, 0.2) is 11.6 Å². The van der Waals surface area contributed by atoms with Gasteiger partial charge in [-0.15, -0.1) is 0 Å². The van der Waals surface area contributed by atoms with Crippen molar-refractivity contribution >= 4 is 6.09 Å². The topological polar surface area (TPSA) is 50.8 Å². The first kappa shape index (κ1) is 19.6. The molecule has 25 heavy (non-hydrogen) atoms. The predicted octanol–water partition coefficient (Wildman–Crippen LogP) is 3.25. The highest BCUT2D eigenvalue weighted by atomic mass is 19.2. The summed E-state index contributed by atoms with van der Waals surface area (Å²) >= 11 is 0. The SMILES string of the molecule is CC(C)(C)OC(=O)NCCCN1CCOC(c2ccc(F)c(F)c2)C1. The average molecular weight is 356 g/mol. The average Bonchev–Trinajstić information content (AvgIpc) is 2.53. The Labute approximate surface area is 147 Å². The number of morpholine rings is 1. The molecule has 1 N–H and O–H groups in total. The molecule has 1 amide bonds. The van der Waals surface area contributed by atoms with Gasteiger partial charge in [-0.05, 0) is 44.9 Å². The van der Waals surface area contributed by atoms with E-state index < -0.39 is 23.3 Å². The van der Waals surface area contributed by atoms with Gasteiger partial charge >= 0.3 is 6.09 Å². The van der Waals surface area contributed by atoms with Crippen LogP contribution in [0, 0.1) is 11.6 Å². The predicted molar refractivity (Wildman–Crippen MR) is 90.3 cm³/mol. The summed E-state index contributed by atoms with van der Waals surface area (Å²) in [4.78, 5) is 13.8. The van der Waals surface area contributed by atoms with E-state index >= 15 is 0 Å². The monoisotopic (exact) mass is 356 g/mol. The Hall–Kier alpha value is -1.73. The van der Waals surface area contributed by atoms with E-state index in [0.717, 1.165) is 25.6 Å². The maximum absolute atomic E-state index is 13.4. The highest BCUT2D eigenvalue weighted by Gasteiger charge is 2.22. The molecule has 7 heteroatoms. The van der Waals surface area contributed by atoms with Crippen molar-refractivity contribution < 1.29 is 23.0 Å². The van der Waals surface area contributed by atoms with Gasteiger partial charge in [0.05, 0.1) is 12.7 Å². The summed E-state index contributed by atoms with van der Waals surface area (Å²) in [5.41, 5.74) is 0.127. The number of nitrogens with one attached hydrogen (secondary N) is 1. The molecule has 1 fully saturated rings. The molecule has 1 unspecified atom stereocenters. The summed E-state index contributed by atoms with van der Waals surface area (Å²) in [6.07, 6.45) is 0.0702. The maximum Gasteiger partial charge on any atom is 0.407 e. The first-order valence-electron chi connectivity index (χ1n) is 8.50. The first-order chi connectivity index (χ1) is 11.7. The van der Waals surface area contributed by atoms with Crippen molar-refractivity contribution in [3.63, 3.8) is 0 Å². The molecule has 1 aliphatic rings. The van der Waals surface area contributed by atoms with E-state index in [0.29, 0.717) is 25.3 Å². The fraction of sp³-hybridized carbons (Fsp3) is 0.611. The van der Waals surface area contributed by atoms with Crippen LogP contribution >= 0.6 is 0 Å². The van der Waals surface area contributed by atoms with Crippen molar-refractivity contribution in [1.82, 2.24) is 10.2 Å². The van der Waals surface area contributed by atoms with Crippen LogP contribution in [-0.4, -0.2) is 49.4 Å². The van der Waals surface area contributed by atoms with Crippen LogP contribution in [0.25, 0.3) is 0 Å². The minimum absolute atomic E-state index is 0.275. The summed E-state index contributed by atoms with van der Waals surface area (Å²) in [5, 5.41) is 2.73. The summed E-state index contributed by atoms with van der Waals surface area (Å²) in [5.74, 6) is -1.72. The Morgan fingerprint density at radius 2 is 2.12 bits per heavy atom. The molecule has 5 nitrogen and oxygen atoms in total. The highest BCUT2D eigenvalue weighted by Crippen LogP contribution is 2.23.